The Kier molecular flexibility index (Phi) is 4.86. The smallest absolute Gasteiger partial charge is 0.410 e. The minimum atomic E-state index is -4.07. The van der Waals surface area contributed by atoms with Gasteiger partial charge in [-0.3, -0.25) is 0 Å². The van der Waals surface area contributed by atoms with Crippen LogP contribution in [0.4, 0.5) is 8.78 Å². The van der Waals surface area contributed by atoms with Crippen LogP contribution >= 0.6 is 7.60 Å². The number of hydrogen-bond acceptors (Lipinski definition) is 3. The third-order valence-electron chi connectivity index (χ3n) is 3.46. The van der Waals surface area contributed by atoms with Crippen molar-refractivity contribution >= 4 is 12.9 Å². The van der Waals surface area contributed by atoms with Crippen molar-refractivity contribution in [3.05, 3.63) is 90.0 Å². The Labute approximate surface area is 144 Å². The number of benzene rings is 3. The van der Waals surface area contributed by atoms with E-state index in [1.807, 2.05) is 6.92 Å². The molecule has 6 heteroatoms. The summed E-state index contributed by atoms with van der Waals surface area (Å²) in [6, 6.07) is 17.6. The van der Waals surface area contributed by atoms with Crippen LogP contribution in [0.5, 0.6) is 11.5 Å². The van der Waals surface area contributed by atoms with Gasteiger partial charge < -0.3 is 9.05 Å². The molecule has 0 spiro atoms. The lowest BCUT2D eigenvalue weighted by molar-refractivity contribution is 0.379. The van der Waals surface area contributed by atoms with E-state index in [4.69, 9.17) is 9.05 Å². The van der Waals surface area contributed by atoms with Crippen LogP contribution in [0.15, 0.2) is 72.8 Å². The minimum Gasteiger partial charge on any atom is -0.410 e. The predicted molar refractivity (Wildman–Crippen MR) is 92.5 cm³/mol. The highest BCUT2D eigenvalue weighted by Crippen LogP contribution is 2.48. The van der Waals surface area contributed by atoms with Crippen molar-refractivity contribution in [1.29, 1.82) is 0 Å². The van der Waals surface area contributed by atoms with Gasteiger partial charge in [-0.2, -0.15) is 0 Å². The molecule has 0 fully saturated rings. The lowest BCUT2D eigenvalue weighted by Crippen LogP contribution is -2.15. The van der Waals surface area contributed by atoms with E-state index in [2.05, 4.69) is 0 Å². The molecular formula is C19H15F2O3P. The van der Waals surface area contributed by atoms with E-state index in [9.17, 15) is 13.3 Å². The Morgan fingerprint density at radius 2 is 1.16 bits per heavy atom. The second-order valence-electron chi connectivity index (χ2n) is 5.38. The lowest BCUT2D eigenvalue weighted by Gasteiger charge is -2.20. The van der Waals surface area contributed by atoms with Crippen molar-refractivity contribution in [3.63, 3.8) is 0 Å². The normalized spacial score (nSPS) is 11.2. The number of hydrogen-bond donors (Lipinski definition) is 0. The van der Waals surface area contributed by atoms with E-state index in [0.29, 0.717) is 0 Å². The third-order valence-corrected chi connectivity index (χ3v) is 5.27. The Morgan fingerprint density at radius 3 is 1.60 bits per heavy atom. The van der Waals surface area contributed by atoms with Gasteiger partial charge in [-0.1, -0.05) is 42.0 Å². The fourth-order valence-electron chi connectivity index (χ4n) is 2.15. The molecule has 0 radical (unpaired) electrons. The van der Waals surface area contributed by atoms with Crippen molar-refractivity contribution in [2.45, 2.75) is 6.92 Å². The molecule has 3 aromatic rings. The third kappa shape index (κ3) is 3.89. The maximum atomic E-state index is 13.9. The summed E-state index contributed by atoms with van der Waals surface area (Å²) in [6.07, 6.45) is 0. The fourth-order valence-corrected chi connectivity index (χ4v) is 3.72. The first kappa shape index (κ1) is 17.2. The van der Waals surface area contributed by atoms with Gasteiger partial charge in [-0.15, -0.1) is 0 Å². The van der Waals surface area contributed by atoms with E-state index in [0.717, 1.165) is 5.56 Å². The molecule has 128 valence electrons. The van der Waals surface area contributed by atoms with Gasteiger partial charge in [-0.05, 0) is 43.3 Å². The van der Waals surface area contributed by atoms with Crippen LogP contribution in [0.2, 0.25) is 0 Å². The van der Waals surface area contributed by atoms with Crippen LogP contribution < -0.4 is 14.4 Å². The molecule has 0 aliphatic heterocycles. The molecule has 0 aliphatic carbocycles. The average molecular weight is 360 g/mol. The summed E-state index contributed by atoms with van der Waals surface area (Å²) in [5.74, 6) is -1.84. The summed E-state index contributed by atoms with van der Waals surface area (Å²) in [7, 11) is -4.07. The summed E-state index contributed by atoms with van der Waals surface area (Å²) in [5.41, 5.74) is 0.937. The molecule has 25 heavy (non-hydrogen) atoms. The Balaban J connectivity index is 2.04. The van der Waals surface area contributed by atoms with Gasteiger partial charge in [-0.25, -0.2) is 13.3 Å². The molecule has 0 heterocycles. The lowest BCUT2D eigenvalue weighted by atomic mass is 10.2. The molecule has 0 aromatic heterocycles. The van der Waals surface area contributed by atoms with Crippen LogP contribution in [0.3, 0.4) is 0 Å². The number of aryl methyl sites for hydroxylation is 1. The molecule has 0 unspecified atom stereocenters. The van der Waals surface area contributed by atoms with Crippen molar-refractivity contribution in [2.24, 2.45) is 0 Å². The highest BCUT2D eigenvalue weighted by molar-refractivity contribution is 7.63. The van der Waals surface area contributed by atoms with E-state index in [-0.39, 0.29) is 16.8 Å². The molecule has 3 nitrogen and oxygen atoms in total. The quantitative estimate of drug-likeness (QED) is 0.583. The molecule has 0 saturated carbocycles. The Hall–Kier alpha value is -2.65. The molecule has 0 saturated heterocycles. The zero-order chi connectivity index (χ0) is 17.9. The summed E-state index contributed by atoms with van der Waals surface area (Å²) in [6.45, 7) is 1.87. The van der Waals surface area contributed by atoms with Crippen molar-refractivity contribution in [1.82, 2.24) is 0 Å². The molecule has 0 bridgehead atoms. The van der Waals surface area contributed by atoms with E-state index >= 15 is 0 Å². The SMILES string of the molecule is Cc1ccc(P(=O)(Oc2ccccc2F)Oc2ccccc2F)cc1. The first-order valence-corrected chi connectivity index (χ1v) is 9.08. The van der Waals surface area contributed by atoms with Crippen molar-refractivity contribution < 1.29 is 22.4 Å². The monoisotopic (exact) mass is 360 g/mol. The van der Waals surface area contributed by atoms with Crippen LogP contribution in [0, 0.1) is 18.6 Å². The van der Waals surface area contributed by atoms with Gasteiger partial charge in [0.05, 0.1) is 5.30 Å². The Bertz CT molecular complexity index is 874. The summed E-state index contributed by atoms with van der Waals surface area (Å²) in [5, 5.41) is 0.199. The highest BCUT2D eigenvalue weighted by Gasteiger charge is 2.33. The Morgan fingerprint density at radius 1 is 0.720 bits per heavy atom. The van der Waals surface area contributed by atoms with Crippen LogP contribution in [-0.2, 0) is 4.57 Å². The molecule has 0 aliphatic rings. The van der Waals surface area contributed by atoms with Crippen LogP contribution in [-0.4, -0.2) is 0 Å². The summed E-state index contributed by atoms with van der Waals surface area (Å²) < 4.78 is 52.1. The van der Waals surface area contributed by atoms with Crippen LogP contribution in [0.25, 0.3) is 0 Å². The molecule has 0 N–H and O–H groups in total. The predicted octanol–water partition coefficient (Wildman–Crippen LogP) is 5.25. The first-order valence-electron chi connectivity index (χ1n) is 7.53. The number of para-hydroxylation sites is 2. The standard InChI is InChI=1S/C19H15F2O3P/c1-14-10-12-15(13-11-14)25(22,23-18-8-4-2-6-16(18)20)24-19-9-5-3-7-17(19)21/h2-13H,1H3. The zero-order valence-electron chi connectivity index (χ0n) is 13.4. The molecule has 3 aromatic carbocycles. The molecule has 0 amide bonds. The average Bonchev–Trinajstić information content (AvgIpc) is 2.60. The molecular weight excluding hydrogens is 345 g/mol. The van der Waals surface area contributed by atoms with Crippen LogP contribution in [0.1, 0.15) is 5.56 Å². The maximum absolute atomic E-state index is 13.9. The van der Waals surface area contributed by atoms with Gasteiger partial charge in [0.25, 0.3) is 0 Å². The van der Waals surface area contributed by atoms with E-state index in [1.165, 1.54) is 36.4 Å². The van der Waals surface area contributed by atoms with Crippen molar-refractivity contribution in [3.8, 4) is 11.5 Å². The second kappa shape index (κ2) is 7.08. The molecule has 0 atom stereocenters. The van der Waals surface area contributed by atoms with Gasteiger partial charge in [0, 0.05) is 0 Å². The van der Waals surface area contributed by atoms with Gasteiger partial charge >= 0.3 is 7.60 Å². The summed E-state index contributed by atoms with van der Waals surface area (Å²) >= 11 is 0. The highest BCUT2D eigenvalue weighted by atomic mass is 31.2. The van der Waals surface area contributed by atoms with Crippen molar-refractivity contribution in [2.75, 3.05) is 0 Å². The van der Waals surface area contributed by atoms with Gasteiger partial charge in [0.15, 0.2) is 23.1 Å². The second-order valence-corrected chi connectivity index (χ2v) is 7.25. The largest absolute Gasteiger partial charge is 0.463 e. The molecule has 3 rings (SSSR count). The fraction of sp³-hybridized carbons (Fsp3) is 0.0526. The summed E-state index contributed by atoms with van der Waals surface area (Å²) in [4.78, 5) is 0. The topological polar surface area (TPSA) is 35.5 Å². The number of halogens is 2. The van der Waals surface area contributed by atoms with Gasteiger partial charge in [0.2, 0.25) is 0 Å². The minimum absolute atomic E-state index is 0.199. The maximum Gasteiger partial charge on any atom is 0.463 e. The zero-order valence-corrected chi connectivity index (χ0v) is 14.3. The first-order chi connectivity index (χ1) is 12.0. The van der Waals surface area contributed by atoms with Gasteiger partial charge in [0.1, 0.15) is 0 Å². The van der Waals surface area contributed by atoms with E-state index < -0.39 is 19.2 Å². The number of rotatable bonds is 5. The van der Waals surface area contributed by atoms with E-state index in [1.54, 1.807) is 36.4 Å².